The van der Waals surface area contributed by atoms with Crippen molar-refractivity contribution in [2.24, 2.45) is 5.92 Å². The zero-order chi connectivity index (χ0) is 32.7. The smallest absolute Gasteiger partial charge is 0.336 e. The number of aromatic nitrogens is 5. The van der Waals surface area contributed by atoms with E-state index >= 15 is 0 Å². The summed E-state index contributed by atoms with van der Waals surface area (Å²) in [5, 5.41) is 6.27. The number of methoxy groups -OCH3 is 1. The van der Waals surface area contributed by atoms with Gasteiger partial charge in [-0.05, 0) is 63.8 Å². The van der Waals surface area contributed by atoms with E-state index in [4.69, 9.17) is 24.6 Å². The maximum atomic E-state index is 13.2. The number of rotatable bonds is 9. The third-order valence-electron chi connectivity index (χ3n) is 9.32. The summed E-state index contributed by atoms with van der Waals surface area (Å²) >= 11 is 0. The first-order valence-corrected chi connectivity index (χ1v) is 16.0. The van der Waals surface area contributed by atoms with Gasteiger partial charge in [0.2, 0.25) is 0 Å². The van der Waals surface area contributed by atoms with Crippen molar-refractivity contribution in [2.45, 2.75) is 52.1 Å². The summed E-state index contributed by atoms with van der Waals surface area (Å²) in [6, 6.07) is 15.1. The van der Waals surface area contributed by atoms with E-state index in [1.807, 2.05) is 42.5 Å². The van der Waals surface area contributed by atoms with Gasteiger partial charge >= 0.3 is 11.6 Å². The van der Waals surface area contributed by atoms with Gasteiger partial charge in [0, 0.05) is 53.2 Å². The van der Waals surface area contributed by atoms with Gasteiger partial charge in [0.05, 0.1) is 24.2 Å². The first kappa shape index (κ1) is 30.3. The minimum Gasteiger partial charge on any atom is -0.495 e. The lowest BCUT2D eigenvalue weighted by Crippen LogP contribution is -2.24. The summed E-state index contributed by atoms with van der Waals surface area (Å²) in [7, 11) is 1.64. The molecule has 0 unspecified atom stereocenters. The largest absolute Gasteiger partial charge is 0.495 e. The van der Waals surface area contributed by atoms with Gasteiger partial charge in [-0.15, -0.1) is 0 Å². The average Bonchev–Trinajstić information content (AvgIpc) is 3.70. The molecule has 0 aliphatic heterocycles. The van der Waals surface area contributed by atoms with Crippen molar-refractivity contribution in [2.75, 3.05) is 30.8 Å². The molecule has 4 aromatic heterocycles. The molecule has 6 aromatic rings. The first-order valence-electron chi connectivity index (χ1n) is 16.0. The van der Waals surface area contributed by atoms with Gasteiger partial charge in [0.1, 0.15) is 41.3 Å². The molecule has 0 amide bonds. The number of nitrogen functional groups attached to an aromatic ring is 1. The SMILES string of the molecule is CCN(CC)c1ccc2c(COC(=O)C3CCC(c4nc(-c5cc6cccc(OC)c6[nH]5)c5c(N)ncnn45)CC3)cc(=O)oc2c1. The first-order chi connectivity index (χ1) is 22.9. The second kappa shape index (κ2) is 12.4. The number of imidazole rings is 1. The minimum absolute atomic E-state index is 0.00518. The highest BCUT2D eigenvalue weighted by atomic mass is 16.5. The Labute approximate surface area is 270 Å². The molecule has 2 aromatic carbocycles. The number of carbonyl (C=O) groups excluding carboxylic acids is 1. The van der Waals surface area contributed by atoms with Gasteiger partial charge in [0.15, 0.2) is 5.82 Å². The van der Waals surface area contributed by atoms with Crippen LogP contribution in [-0.2, 0) is 16.1 Å². The second-order valence-corrected chi connectivity index (χ2v) is 11.9. The highest BCUT2D eigenvalue weighted by Crippen LogP contribution is 2.39. The molecule has 12 heteroatoms. The molecule has 0 radical (unpaired) electrons. The number of aromatic amines is 1. The number of ether oxygens (including phenoxy) is 2. The standard InChI is InChI=1S/C35H37N7O5/c1-4-41(5-2)24-13-14-25-23(16-29(43)47-28(25)17-24)18-46-35(44)21-11-9-20(10-12-21)34-40-31(32-33(36)37-19-38-42(32)34)26-15-22-7-6-8-27(45-3)30(22)39-26/h6-8,13-17,19-21,39H,4-5,9-12,18H2,1-3H3,(H2,36,37,38). The fourth-order valence-electron chi connectivity index (χ4n) is 6.83. The molecular formula is C35H37N7O5. The van der Waals surface area contributed by atoms with E-state index < -0.39 is 5.63 Å². The van der Waals surface area contributed by atoms with E-state index in [1.165, 1.54) is 12.4 Å². The lowest BCUT2D eigenvalue weighted by Gasteiger charge is -2.26. The number of hydrogen-bond acceptors (Lipinski definition) is 10. The summed E-state index contributed by atoms with van der Waals surface area (Å²) in [4.78, 5) is 40.5. The molecule has 3 N–H and O–H groups in total. The number of H-pyrrole nitrogens is 1. The van der Waals surface area contributed by atoms with Crippen LogP contribution >= 0.6 is 0 Å². The van der Waals surface area contributed by atoms with Crippen LogP contribution in [0, 0.1) is 5.92 Å². The highest BCUT2D eigenvalue weighted by Gasteiger charge is 2.32. The average molecular weight is 636 g/mol. The minimum atomic E-state index is -0.469. The predicted octanol–water partition coefficient (Wildman–Crippen LogP) is 5.83. The van der Waals surface area contributed by atoms with Gasteiger partial charge in [-0.2, -0.15) is 5.10 Å². The number of fused-ring (bicyclic) bond motifs is 3. The van der Waals surface area contributed by atoms with Crippen LogP contribution in [0.1, 0.15) is 56.8 Å². The molecule has 0 atom stereocenters. The third-order valence-corrected chi connectivity index (χ3v) is 9.32. The van der Waals surface area contributed by atoms with Crippen LogP contribution in [0.25, 0.3) is 38.8 Å². The van der Waals surface area contributed by atoms with E-state index in [1.54, 1.807) is 11.6 Å². The zero-order valence-electron chi connectivity index (χ0n) is 26.7. The number of benzene rings is 2. The number of para-hydroxylation sites is 1. The van der Waals surface area contributed by atoms with Crippen LogP contribution in [-0.4, -0.2) is 50.7 Å². The van der Waals surface area contributed by atoms with Crippen LogP contribution in [0.5, 0.6) is 5.75 Å². The van der Waals surface area contributed by atoms with E-state index in [0.29, 0.717) is 41.0 Å². The molecule has 0 bridgehead atoms. The fourth-order valence-corrected chi connectivity index (χ4v) is 6.83. The maximum absolute atomic E-state index is 13.2. The molecule has 1 aliphatic carbocycles. The van der Waals surface area contributed by atoms with Crippen molar-refractivity contribution in [3.8, 4) is 17.1 Å². The van der Waals surface area contributed by atoms with Crippen molar-refractivity contribution in [1.82, 2.24) is 24.6 Å². The molecule has 1 saturated carbocycles. The topological polar surface area (TPSA) is 154 Å². The Morgan fingerprint density at radius 3 is 2.68 bits per heavy atom. The highest BCUT2D eigenvalue weighted by molar-refractivity contribution is 5.93. The van der Waals surface area contributed by atoms with Gasteiger partial charge in [-0.1, -0.05) is 12.1 Å². The quantitative estimate of drug-likeness (QED) is 0.146. The summed E-state index contributed by atoms with van der Waals surface area (Å²) in [5.41, 5.74) is 11.0. The number of anilines is 2. The molecule has 12 nitrogen and oxygen atoms in total. The van der Waals surface area contributed by atoms with Crippen LogP contribution in [0.3, 0.4) is 0 Å². The maximum Gasteiger partial charge on any atom is 0.336 e. The van der Waals surface area contributed by atoms with Gasteiger partial charge < -0.3 is 29.5 Å². The number of nitrogens with zero attached hydrogens (tertiary/aromatic N) is 5. The van der Waals surface area contributed by atoms with Crippen molar-refractivity contribution in [3.05, 3.63) is 76.7 Å². The Kier molecular flexibility index (Phi) is 8.00. The molecule has 242 valence electrons. The molecule has 4 heterocycles. The Morgan fingerprint density at radius 1 is 1.11 bits per heavy atom. The number of carbonyl (C=O) groups is 1. The lowest BCUT2D eigenvalue weighted by atomic mass is 9.81. The lowest BCUT2D eigenvalue weighted by molar-refractivity contribution is -0.151. The van der Waals surface area contributed by atoms with Crippen LogP contribution in [0.15, 0.2) is 64.1 Å². The summed E-state index contributed by atoms with van der Waals surface area (Å²) in [6.45, 7) is 5.84. The molecule has 0 spiro atoms. The van der Waals surface area contributed by atoms with Crippen LogP contribution in [0.2, 0.25) is 0 Å². The van der Waals surface area contributed by atoms with Gasteiger partial charge in [-0.25, -0.2) is 19.3 Å². The fraction of sp³-hybridized carbons (Fsp3) is 0.343. The van der Waals surface area contributed by atoms with Crippen molar-refractivity contribution < 1.29 is 18.7 Å². The monoisotopic (exact) mass is 635 g/mol. The molecular weight excluding hydrogens is 598 g/mol. The van der Waals surface area contributed by atoms with Gasteiger partial charge in [-0.3, -0.25) is 4.79 Å². The van der Waals surface area contributed by atoms with Crippen molar-refractivity contribution in [3.63, 3.8) is 0 Å². The normalized spacial score (nSPS) is 16.6. The van der Waals surface area contributed by atoms with Crippen LogP contribution < -0.4 is 21.0 Å². The van der Waals surface area contributed by atoms with Crippen molar-refractivity contribution in [1.29, 1.82) is 0 Å². The molecule has 1 fully saturated rings. The Hall–Kier alpha value is -5.39. The van der Waals surface area contributed by atoms with E-state index in [9.17, 15) is 9.59 Å². The summed E-state index contributed by atoms with van der Waals surface area (Å²) in [5.74, 6) is 1.41. The Bertz CT molecular complexity index is 2160. The molecule has 47 heavy (non-hydrogen) atoms. The molecule has 0 saturated heterocycles. The van der Waals surface area contributed by atoms with E-state index in [-0.39, 0.29) is 24.4 Å². The number of nitrogens with one attached hydrogen (secondary N) is 1. The van der Waals surface area contributed by atoms with Gasteiger partial charge in [0.25, 0.3) is 0 Å². The predicted molar refractivity (Wildman–Crippen MR) is 180 cm³/mol. The third kappa shape index (κ3) is 5.53. The van der Waals surface area contributed by atoms with Crippen LogP contribution in [0.4, 0.5) is 11.5 Å². The Morgan fingerprint density at radius 2 is 1.91 bits per heavy atom. The number of nitrogens with two attached hydrogens (primary N) is 1. The Balaban J connectivity index is 1.07. The van der Waals surface area contributed by atoms with E-state index in [2.05, 4.69) is 33.8 Å². The number of hydrogen-bond donors (Lipinski definition) is 2. The van der Waals surface area contributed by atoms with E-state index in [0.717, 1.165) is 65.2 Å². The summed E-state index contributed by atoms with van der Waals surface area (Å²) in [6.07, 6.45) is 4.18. The second-order valence-electron chi connectivity index (χ2n) is 11.9. The zero-order valence-corrected chi connectivity index (χ0v) is 26.7. The number of esters is 1. The molecule has 7 rings (SSSR count). The summed E-state index contributed by atoms with van der Waals surface area (Å²) < 4.78 is 18.6. The van der Waals surface area contributed by atoms with Crippen molar-refractivity contribution >= 4 is 44.9 Å². The molecule has 1 aliphatic rings.